The number of nitro groups is 1. The fourth-order valence-corrected chi connectivity index (χ4v) is 2.43. The molecule has 0 aliphatic carbocycles. The lowest BCUT2D eigenvalue weighted by Crippen LogP contribution is -2.21. The van der Waals surface area contributed by atoms with Crippen LogP contribution in [0.5, 0.6) is 0 Å². The quantitative estimate of drug-likeness (QED) is 0.322. The molecule has 10 heteroatoms. The van der Waals surface area contributed by atoms with Crippen LogP contribution >= 0.6 is 0 Å². The highest BCUT2D eigenvalue weighted by Crippen LogP contribution is 2.29. The van der Waals surface area contributed by atoms with Gasteiger partial charge in [0, 0.05) is 17.5 Å². The average Bonchev–Trinajstić information content (AvgIpc) is 2.65. The lowest BCUT2D eigenvalue weighted by Gasteiger charge is -2.14. The summed E-state index contributed by atoms with van der Waals surface area (Å²) in [5.41, 5.74) is -1.50. The Hall–Kier alpha value is -3.56. The molecule has 0 bridgehead atoms. The number of esters is 3. The van der Waals surface area contributed by atoms with E-state index in [1.54, 1.807) is 13.8 Å². The molecule has 0 amide bonds. The van der Waals surface area contributed by atoms with E-state index in [1.165, 1.54) is 6.07 Å². The molecule has 10 nitrogen and oxygen atoms in total. The number of nitrogens with zero attached hydrogens (tertiary/aromatic N) is 2. The zero-order valence-electron chi connectivity index (χ0n) is 14.8. The van der Waals surface area contributed by atoms with Crippen molar-refractivity contribution in [3.63, 3.8) is 0 Å². The summed E-state index contributed by atoms with van der Waals surface area (Å²) in [6.45, 7) is 3.08. The number of ether oxygens (including phenoxy) is 3. The third kappa shape index (κ3) is 3.84. The van der Waals surface area contributed by atoms with E-state index in [0.29, 0.717) is 0 Å². The van der Waals surface area contributed by atoms with Gasteiger partial charge in [-0.2, -0.15) is 0 Å². The molecule has 0 radical (unpaired) electrons. The molecular formula is C17H16N2O8. The number of hydrogen-bond acceptors (Lipinski definition) is 9. The van der Waals surface area contributed by atoms with Crippen LogP contribution in [0.25, 0.3) is 10.9 Å². The van der Waals surface area contributed by atoms with E-state index < -0.39 is 34.1 Å². The Labute approximate surface area is 153 Å². The van der Waals surface area contributed by atoms with Gasteiger partial charge in [-0.05, 0) is 19.9 Å². The van der Waals surface area contributed by atoms with E-state index in [2.05, 4.69) is 4.98 Å². The van der Waals surface area contributed by atoms with Crippen LogP contribution in [0, 0.1) is 10.1 Å². The molecule has 0 aliphatic rings. The van der Waals surface area contributed by atoms with Crippen molar-refractivity contribution in [3.05, 3.63) is 45.1 Å². The number of aromatic nitrogens is 1. The van der Waals surface area contributed by atoms with E-state index >= 15 is 0 Å². The first-order valence-corrected chi connectivity index (χ1v) is 7.90. The van der Waals surface area contributed by atoms with E-state index in [-0.39, 0.29) is 35.4 Å². The number of methoxy groups -OCH3 is 1. The van der Waals surface area contributed by atoms with Gasteiger partial charge in [0.1, 0.15) is 5.56 Å². The number of hydrogen-bond donors (Lipinski definition) is 0. The summed E-state index contributed by atoms with van der Waals surface area (Å²) in [6.07, 6.45) is 0. The standard InChI is InChI=1S/C17H16N2O8/c1-4-26-16(21)13-12(15(20)25-3)10-8-9(19(23)24)6-7-11(10)18-14(13)17(22)27-5-2/h6-8H,4-5H2,1-3H3. The monoisotopic (exact) mass is 376 g/mol. The highest BCUT2D eigenvalue weighted by Gasteiger charge is 2.31. The minimum atomic E-state index is -0.998. The molecular weight excluding hydrogens is 360 g/mol. The maximum absolute atomic E-state index is 12.5. The third-order valence-corrected chi connectivity index (χ3v) is 3.52. The highest BCUT2D eigenvalue weighted by molar-refractivity contribution is 6.16. The summed E-state index contributed by atoms with van der Waals surface area (Å²) in [5.74, 6) is -2.91. The molecule has 1 aromatic carbocycles. The highest BCUT2D eigenvalue weighted by atomic mass is 16.6. The van der Waals surface area contributed by atoms with Crippen LogP contribution in [0.2, 0.25) is 0 Å². The molecule has 0 saturated carbocycles. The fourth-order valence-electron chi connectivity index (χ4n) is 2.43. The second-order valence-corrected chi connectivity index (χ2v) is 5.10. The predicted molar refractivity (Wildman–Crippen MR) is 91.6 cm³/mol. The van der Waals surface area contributed by atoms with E-state index in [1.807, 2.05) is 0 Å². The number of nitro benzene ring substituents is 1. The summed E-state index contributed by atoms with van der Waals surface area (Å²) < 4.78 is 14.5. The van der Waals surface area contributed by atoms with Gasteiger partial charge in [0.25, 0.3) is 5.69 Å². The maximum atomic E-state index is 12.5. The first-order chi connectivity index (χ1) is 12.8. The minimum absolute atomic E-state index is 0.00857. The van der Waals surface area contributed by atoms with Gasteiger partial charge in [-0.15, -0.1) is 0 Å². The molecule has 2 aromatic rings. The van der Waals surface area contributed by atoms with E-state index in [0.717, 1.165) is 19.2 Å². The van der Waals surface area contributed by atoms with Crippen LogP contribution in [0.15, 0.2) is 18.2 Å². The van der Waals surface area contributed by atoms with Gasteiger partial charge in [0.05, 0.1) is 36.3 Å². The summed E-state index contributed by atoms with van der Waals surface area (Å²) in [5, 5.41) is 11.1. The molecule has 0 spiro atoms. The van der Waals surface area contributed by atoms with Crippen LogP contribution in [0.4, 0.5) is 5.69 Å². The van der Waals surface area contributed by atoms with Gasteiger partial charge < -0.3 is 14.2 Å². The Kier molecular flexibility index (Phi) is 6.01. The van der Waals surface area contributed by atoms with Gasteiger partial charge in [0.2, 0.25) is 0 Å². The summed E-state index contributed by atoms with van der Waals surface area (Å²) in [7, 11) is 1.07. The van der Waals surface area contributed by atoms with Crippen LogP contribution in [-0.2, 0) is 14.2 Å². The van der Waals surface area contributed by atoms with Gasteiger partial charge in [0.15, 0.2) is 5.69 Å². The Morgan fingerprint density at radius 1 is 1.04 bits per heavy atom. The van der Waals surface area contributed by atoms with Gasteiger partial charge in [-0.1, -0.05) is 0 Å². The van der Waals surface area contributed by atoms with Crippen LogP contribution in [0.3, 0.4) is 0 Å². The number of rotatable bonds is 6. The van der Waals surface area contributed by atoms with Crippen molar-refractivity contribution in [2.24, 2.45) is 0 Å². The lowest BCUT2D eigenvalue weighted by atomic mass is 9.99. The molecule has 1 heterocycles. The maximum Gasteiger partial charge on any atom is 0.357 e. The molecule has 1 aromatic heterocycles. The van der Waals surface area contributed by atoms with Crippen molar-refractivity contribution in [3.8, 4) is 0 Å². The van der Waals surface area contributed by atoms with Gasteiger partial charge >= 0.3 is 17.9 Å². The second-order valence-electron chi connectivity index (χ2n) is 5.10. The van der Waals surface area contributed by atoms with E-state index in [4.69, 9.17) is 14.2 Å². The fraction of sp³-hybridized carbons (Fsp3) is 0.294. The smallest absolute Gasteiger partial charge is 0.357 e. The second kappa shape index (κ2) is 8.21. The number of non-ortho nitro benzene ring substituents is 1. The molecule has 0 unspecified atom stereocenters. The zero-order valence-corrected chi connectivity index (χ0v) is 14.8. The lowest BCUT2D eigenvalue weighted by molar-refractivity contribution is -0.384. The Morgan fingerprint density at radius 3 is 2.22 bits per heavy atom. The Bertz CT molecular complexity index is 938. The van der Waals surface area contributed by atoms with Crippen molar-refractivity contribution in [2.45, 2.75) is 13.8 Å². The first kappa shape index (κ1) is 19.8. The van der Waals surface area contributed by atoms with Crippen molar-refractivity contribution >= 4 is 34.5 Å². The molecule has 0 saturated heterocycles. The summed E-state index contributed by atoms with van der Waals surface area (Å²) >= 11 is 0. The van der Waals surface area contributed by atoms with Gasteiger partial charge in [-0.3, -0.25) is 10.1 Å². The Morgan fingerprint density at radius 2 is 1.67 bits per heavy atom. The minimum Gasteiger partial charge on any atom is -0.465 e. The molecule has 142 valence electrons. The summed E-state index contributed by atoms with van der Waals surface area (Å²) in [6, 6.07) is 3.50. The SMILES string of the molecule is CCOC(=O)c1nc2ccc([N+](=O)[O-])cc2c(C(=O)OC)c1C(=O)OCC. The van der Waals surface area contributed by atoms with E-state index in [9.17, 15) is 24.5 Å². The van der Waals surface area contributed by atoms with Crippen LogP contribution in [-0.4, -0.2) is 48.1 Å². The number of carbonyl (C=O) groups excluding carboxylic acids is 3. The van der Waals surface area contributed by atoms with Gasteiger partial charge in [-0.25, -0.2) is 19.4 Å². The third-order valence-electron chi connectivity index (χ3n) is 3.52. The molecule has 0 fully saturated rings. The topological polar surface area (TPSA) is 135 Å². The summed E-state index contributed by atoms with van der Waals surface area (Å²) in [4.78, 5) is 51.6. The van der Waals surface area contributed by atoms with Crippen molar-refractivity contribution in [1.29, 1.82) is 0 Å². The largest absolute Gasteiger partial charge is 0.465 e. The van der Waals surface area contributed by atoms with Crippen LogP contribution < -0.4 is 0 Å². The number of fused-ring (bicyclic) bond motifs is 1. The average molecular weight is 376 g/mol. The van der Waals surface area contributed by atoms with Crippen molar-refractivity contribution in [1.82, 2.24) is 4.98 Å². The molecule has 27 heavy (non-hydrogen) atoms. The van der Waals surface area contributed by atoms with Crippen molar-refractivity contribution in [2.75, 3.05) is 20.3 Å². The van der Waals surface area contributed by atoms with Crippen LogP contribution in [0.1, 0.15) is 45.1 Å². The zero-order chi connectivity index (χ0) is 20.1. The van der Waals surface area contributed by atoms with Crippen molar-refractivity contribution < 1.29 is 33.5 Å². The number of pyridine rings is 1. The Balaban J connectivity index is 2.96. The number of benzene rings is 1. The molecule has 0 aliphatic heterocycles. The molecule has 0 N–H and O–H groups in total. The number of carbonyl (C=O) groups is 3. The normalized spacial score (nSPS) is 10.3. The molecule has 0 atom stereocenters. The predicted octanol–water partition coefficient (Wildman–Crippen LogP) is 2.28. The first-order valence-electron chi connectivity index (χ1n) is 7.90. The molecule has 2 rings (SSSR count).